The lowest BCUT2D eigenvalue weighted by Crippen LogP contribution is -2.50. The third-order valence-corrected chi connectivity index (χ3v) is 7.65. The molecule has 108 valence electrons. The van der Waals surface area contributed by atoms with Crippen LogP contribution in [0.2, 0.25) is 0 Å². The predicted octanol–water partition coefficient (Wildman–Crippen LogP) is 1.73. The molecule has 18 heavy (non-hydrogen) atoms. The van der Waals surface area contributed by atoms with Crippen LogP contribution in [0.4, 0.5) is 0 Å². The Morgan fingerprint density at radius 1 is 1.17 bits per heavy atom. The van der Waals surface area contributed by atoms with E-state index in [0.717, 1.165) is 12.8 Å². The number of sulfone groups is 1. The van der Waals surface area contributed by atoms with E-state index in [1.807, 2.05) is 20.8 Å². The molecule has 1 aliphatic carbocycles. The third-order valence-electron chi connectivity index (χ3n) is 4.02. The van der Waals surface area contributed by atoms with Crippen molar-refractivity contribution in [3.8, 4) is 0 Å². The maximum Gasteiger partial charge on any atom is 0.163 e. The minimum Gasteiger partial charge on any atom is -0.379 e. The quantitative estimate of drug-likeness (QED) is 0.751. The first-order valence-corrected chi connectivity index (χ1v) is 8.02. The van der Waals surface area contributed by atoms with Gasteiger partial charge in [0, 0.05) is 6.54 Å². The highest BCUT2D eigenvalue weighted by Crippen LogP contribution is 2.58. The van der Waals surface area contributed by atoms with E-state index in [1.54, 1.807) is 13.8 Å². The Balaban J connectivity index is 2.93. The van der Waals surface area contributed by atoms with Crippen molar-refractivity contribution in [2.75, 3.05) is 19.8 Å². The molecule has 2 N–H and O–H groups in total. The summed E-state index contributed by atoms with van der Waals surface area (Å²) in [6.45, 7) is 10.6. The molecule has 0 saturated heterocycles. The van der Waals surface area contributed by atoms with Crippen molar-refractivity contribution in [3.63, 3.8) is 0 Å². The van der Waals surface area contributed by atoms with Crippen LogP contribution >= 0.6 is 0 Å². The van der Waals surface area contributed by atoms with Crippen LogP contribution in [0.25, 0.3) is 0 Å². The Hall–Kier alpha value is -0.130. The summed E-state index contributed by atoms with van der Waals surface area (Å²) < 4.78 is 29.7. The molecule has 5 heteroatoms. The topological polar surface area (TPSA) is 69.4 Å². The number of hydrogen-bond donors (Lipinski definition) is 1. The number of rotatable bonds is 6. The van der Waals surface area contributed by atoms with E-state index in [2.05, 4.69) is 0 Å². The molecular weight excluding hydrogens is 250 g/mol. The second kappa shape index (κ2) is 4.76. The molecule has 0 spiro atoms. The van der Waals surface area contributed by atoms with Crippen molar-refractivity contribution < 1.29 is 13.2 Å². The van der Waals surface area contributed by atoms with Crippen LogP contribution in [0.1, 0.15) is 47.5 Å². The van der Waals surface area contributed by atoms with Gasteiger partial charge in [0.1, 0.15) is 0 Å². The van der Waals surface area contributed by atoms with E-state index in [0.29, 0.717) is 13.2 Å². The summed E-state index contributed by atoms with van der Waals surface area (Å²) in [5.41, 5.74) is 5.13. The van der Waals surface area contributed by atoms with Gasteiger partial charge >= 0.3 is 0 Å². The highest BCUT2D eigenvalue weighted by molar-refractivity contribution is 7.94. The molecule has 0 radical (unpaired) electrons. The van der Waals surface area contributed by atoms with Gasteiger partial charge in [-0.15, -0.1) is 0 Å². The Labute approximate surface area is 111 Å². The molecule has 0 atom stereocenters. The van der Waals surface area contributed by atoms with Crippen molar-refractivity contribution in [1.82, 2.24) is 0 Å². The maximum atomic E-state index is 12.9. The fourth-order valence-electron chi connectivity index (χ4n) is 2.54. The van der Waals surface area contributed by atoms with Crippen LogP contribution in [-0.2, 0) is 14.6 Å². The molecule has 0 aromatic carbocycles. The fraction of sp³-hybridized carbons (Fsp3) is 1.00. The maximum absolute atomic E-state index is 12.9. The van der Waals surface area contributed by atoms with Crippen LogP contribution in [-0.4, -0.2) is 37.7 Å². The third kappa shape index (κ3) is 2.45. The zero-order valence-electron chi connectivity index (χ0n) is 12.2. The zero-order chi connectivity index (χ0) is 14.2. The lowest BCUT2D eigenvalue weighted by atomic mass is 9.89. The second-order valence-electron chi connectivity index (χ2n) is 6.85. The van der Waals surface area contributed by atoms with Crippen LogP contribution in [0.15, 0.2) is 0 Å². The molecule has 0 aromatic heterocycles. The van der Waals surface area contributed by atoms with Crippen molar-refractivity contribution >= 4 is 9.84 Å². The largest absolute Gasteiger partial charge is 0.379 e. The summed E-state index contributed by atoms with van der Waals surface area (Å²) in [6.07, 6.45) is 1.53. The fourth-order valence-corrected chi connectivity index (χ4v) is 5.29. The van der Waals surface area contributed by atoms with Gasteiger partial charge in [0.2, 0.25) is 0 Å². The minimum absolute atomic E-state index is 0.213. The normalized spacial score (nSPS) is 19.9. The predicted molar refractivity (Wildman–Crippen MR) is 74.3 cm³/mol. The Morgan fingerprint density at radius 2 is 1.67 bits per heavy atom. The highest BCUT2D eigenvalue weighted by atomic mass is 32.2. The summed E-state index contributed by atoms with van der Waals surface area (Å²) in [6, 6.07) is 0. The van der Waals surface area contributed by atoms with Crippen molar-refractivity contribution in [3.05, 3.63) is 0 Å². The van der Waals surface area contributed by atoms with E-state index in [1.165, 1.54) is 0 Å². The standard InChI is InChI=1S/C13H27NO3S/c1-11(2,3)13(6-7-13)18(15,16)12(4,5)10-17-9-8-14/h6-10,14H2,1-5H3. The minimum atomic E-state index is -3.23. The molecule has 0 heterocycles. The summed E-state index contributed by atoms with van der Waals surface area (Å²) in [5, 5.41) is 0. The first-order chi connectivity index (χ1) is 8.02. The second-order valence-corrected chi connectivity index (χ2v) is 9.74. The average molecular weight is 277 g/mol. The van der Waals surface area contributed by atoms with E-state index in [9.17, 15) is 8.42 Å². The van der Waals surface area contributed by atoms with Gasteiger partial charge in [-0.3, -0.25) is 0 Å². The summed E-state index contributed by atoms with van der Waals surface area (Å²) >= 11 is 0. The van der Waals surface area contributed by atoms with E-state index >= 15 is 0 Å². The van der Waals surface area contributed by atoms with Crippen molar-refractivity contribution in [1.29, 1.82) is 0 Å². The van der Waals surface area contributed by atoms with Crippen LogP contribution in [0, 0.1) is 5.41 Å². The van der Waals surface area contributed by atoms with E-state index in [-0.39, 0.29) is 12.0 Å². The van der Waals surface area contributed by atoms with Crippen LogP contribution in [0.3, 0.4) is 0 Å². The molecule has 0 aliphatic heterocycles. The van der Waals surface area contributed by atoms with Crippen LogP contribution < -0.4 is 5.73 Å². The van der Waals surface area contributed by atoms with Gasteiger partial charge in [-0.25, -0.2) is 8.42 Å². The molecule has 0 amide bonds. The van der Waals surface area contributed by atoms with Gasteiger partial charge < -0.3 is 10.5 Å². The molecule has 1 fully saturated rings. The summed E-state index contributed by atoms with van der Waals surface area (Å²) in [4.78, 5) is 0. The monoisotopic (exact) mass is 277 g/mol. The number of nitrogens with two attached hydrogens (primary N) is 1. The molecule has 0 bridgehead atoms. The Bertz CT molecular complexity index is 389. The number of ether oxygens (including phenoxy) is 1. The lowest BCUT2D eigenvalue weighted by molar-refractivity contribution is 0.122. The average Bonchev–Trinajstić information content (AvgIpc) is 2.96. The van der Waals surface area contributed by atoms with Gasteiger partial charge in [-0.2, -0.15) is 0 Å². The molecule has 0 unspecified atom stereocenters. The molecule has 1 rings (SSSR count). The summed E-state index contributed by atoms with van der Waals surface area (Å²) in [7, 11) is -3.23. The lowest BCUT2D eigenvalue weighted by Gasteiger charge is -2.37. The SMILES string of the molecule is CC(C)(C)C1(S(=O)(=O)C(C)(C)COCCN)CC1. The van der Waals surface area contributed by atoms with Gasteiger partial charge in [0.25, 0.3) is 0 Å². The van der Waals surface area contributed by atoms with Crippen LogP contribution in [0.5, 0.6) is 0 Å². The van der Waals surface area contributed by atoms with E-state index in [4.69, 9.17) is 10.5 Å². The van der Waals surface area contributed by atoms with E-state index < -0.39 is 19.3 Å². The molecule has 4 nitrogen and oxygen atoms in total. The summed E-state index contributed by atoms with van der Waals surface area (Å²) in [5.74, 6) is 0. The number of hydrogen-bond acceptors (Lipinski definition) is 4. The Kier molecular flexibility index (Phi) is 4.21. The first-order valence-electron chi connectivity index (χ1n) is 6.54. The first kappa shape index (κ1) is 15.9. The molecule has 1 saturated carbocycles. The van der Waals surface area contributed by atoms with Gasteiger partial charge in [-0.05, 0) is 32.1 Å². The van der Waals surface area contributed by atoms with Gasteiger partial charge in [0.05, 0.1) is 22.7 Å². The zero-order valence-corrected chi connectivity index (χ0v) is 13.1. The Morgan fingerprint density at radius 3 is 2.00 bits per heavy atom. The smallest absolute Gasteiger partial charge is 0.163 e. The molecule has 0 aromatic rings. The van der Waals surface area contributed by atoms with Crippen molar-refractivity contribution in [2.24, 2.45) is 11.1 Å². The van der Waals surface area contributed by atoms with Crippen molar-refractivity contribution in [2.45, 2.75) is 57.0 Å². The highest BCUT2D eigenvalue weighted by Gasteiger charge is 2.65. The van der Waals surface area contributed by atoms with Gasteiger partial charge in [0.15, 0.2) is 9.84 Å². The van der Waals surface area contributed by atoms with Gasteiger partial charge in [-0.1, -0.05) is 20.8 Å². The molecule has 1 aliphatic rings. The molecular formula is C13H27NO3S.